The third-order valence-corrected chi connectivity index (χ3v) is 4.21. The van der Waals surface area contributed by atoms with Gasteiger partial charge in [0.2, 0.25) is 0 Å². The minimum absolute atomic E-state index is 0.00298. The molecule has 10 heteroatoms. The van der Waals surface area contributed by atoms with Crippen molar-refractivity contribution in [3.63, 3.8) is 0 Å². The highest BCUT2D eigenvalue weighted by Crippen LogP contribution is 2.31. The molecule has 1 N–H and O–H groups in total. The standard InChI is InChI=1S/C21H18F3N3O4/c1-27(12-16-7-4-10-30-16)18(28)13-31-20(29)17-8-3-9-25-19(17)26-15-6-2-5-14(11-15)21(22,23)24/h2-11H,12-13H2,1H3,(H,25,26). The van der Waals surface area contributed by atoms with Crippen LogP contribution in [0.3, 0.4) is 0 Å². The number of anilines is 2. The van der Waals surface area contributed by atoms with Crippen LogP contribution in [-0.4, -0.2) is 35.4 Å². The number of likely N-dealkylation sites (N-methyl/N-ethyl adjacent to an activating group) is 1. The highest BCUT2D eigenvalue weighted by atomic mass is 19.4. The lowest BCUT2D eigenvalue weighted by Crippen LogP contribution is -2.30. The second-order valence-corrected chi connectivity index (χ2v) is 6.51. The number of pyridine rings is 1. The predicted octanol–water partition coefficient (Wildman–Crippen LogP) is 4.25. The Balaban J connectivity index is 1.65. The fourth-order valence-electron chi connectivity index (χ4n) is 2.62. The zero-order valence-electron chi connectivity index (χ0n) is 16.3. The number of carbonyl (C=O) groups excluding carboxylic acids is 2. The summed E-state index contributed by atoms with van der Waals surface area (Å²) in [5, 5.41) is 2.69. The topological polar surface area (TPSA) is 84.7 Å². The van der Waals surface area contributed by atoms with Crippen LogP contribution in [0.25, 0.3) is 0 Å². The maximum Gasteiger partial charge on any atom is 0.416 e. The van der Waals surface area contributed by atoms with Crippen molar-refractivity contribution in [2.75, 3.05) is 19.0 Å². The number of nitrogens with zero attached hydrogens (tertiary/aromatic N) is 2. The van der Waals surface area contributed by atoms with Gasteiger partial charge in [-0.2, -0.15) is 13.2 Å². The lowest BCUT2D eigenvalue weighted by molar-refractivity contribution is -0.137. The van der Waals surface area contributed by atoms with Crippen molar-refractivity contribution in [1.82, 2.24) is 9.88 Å². The Morgan fingerprint density at radius 3 is 2.68 bits per heavy atom. The molecule has 0 atom stereocenters. The maximum absolute atomic E-state index is 12.9. The predicted molar refractivity (Wildman–Crippen MR) is 104 cm³/mol. The van der Waals surface area contributed by atoms with Gasteiger partial charge < -0.3 is 19.4 Å². The first-order valence-corrected chi connectivity index (χ1v) is 9.07. The van der Waals surface area contributed by atoms with E-state index in [0.29, 0.717) is 5.76 Å². The van der Waals surface area contributed by atoms with Gasteiger partial charge in [-0.05, 0) is 42.5 Å². The molecule has 2 heterocycles. The lowest BCUT2D eigenvalue weighted by Gasteiger charge is -2.16. The molecule has 0 saturated carbocycles. The van der Waals surface area contributed by atoms with E-state index >= 15 is 0 Å². The average molecular weight is 433 g/mol. The van der Waals surface area contributed by atoms with E-state index in [1.54, 1.807) is 12.1 Å². The summed E-state index contributed by atoms with van der Waals surface area (Å²) in [5.41, 5.74) is -0.777. The molecule has 0 aliphatic rings. The SMILES string of the molecule is CN(Cc1ccco1)C(=O)COC(=O)c1cccnc1Nc1cccc(C(F)(F)F)c1. The monoisotopic (exact) mass is 433 g/mol. The zero-order valence-corrected chi connectivity index (χ0v) is 16.3. The van der Waals surface area contributed by atoms with Crippen LogP contribution >= 0.6 is 0 Å². The largest absolute Gasteiger partial charge is 0.467 e. The Morgan fingerprint density at radius 2 is 1.97 bits per heavy atom. The normalized spacial score (nSPS) is 11.1. The number of alkyl halides is 3. The van der Waals surface area contributed by atoms with Crippen molar-refractivity contribution in [3.05, 3.63) is 77.9 Å². The molecule has 0 bridgehead atoms. The number of ether oxygens (including phenoxy) is 1. The van der Waals surface area contributed by atoms with Gasteiger partial charge in [-0.1, -0.05) is 6.07 Å². The van der Waals surface area contributed by atoms with E-state index in [9.17, 15) is 22.8 Å². The maximum atomic E-state index is 12.9. The van der Waals surface area contributed by atoms with Crippen molar-refractivity contribution in [2.45, 2.75) is 12.7 Å². The minimum atomic E-state index is -4.51. The van der Waals surface area contributed by atoms with Crippen LogP contribution in [0.15, 0.2) is 65.4 Å². The van der Waals surface area contributed by atoms with Crippen LogP contribution < -0.4 is 5.32 Å². The van der Waals surface area contributed by atoms with Gasteiger partial charge in [-0.25, -0.2) is 9.78 Å². The molecule has 162 valence electrons. The van der Waals surface area contributed by atoms with Gasteiger partial charge in [0.15, 0.2) is 6.61 Å². The zero-order chi connectivity index (χ0) is 22.4. The van der Waals surface area contributed by atoms with Gasteiger partial charge >= 0.3 is 12.1 Å². The van der Waals surface area contributed by atoms with E-state index in [-0.39, 0.29) is 23.6 Å². The summed E-state index contributed by atoms with van der Waals surface area (Å²) >= 11 is 0. The number of halogens is 3. The van der Waals surface area contributed by atoms with Crippen LogP contribution in [0.1, 0.15) is 21.7 Å². The number of hydrogen-bond donors (Lipinski definition) is 1. The van der Waals surface area contributed by atoms with Crippen LogP contribution in [0, 0.1) is 0 Å². The Kier molecular flexibility index (Phi) is 6.58. The molecule has 0 saturated heterocycles. The molecule has 0 unspecified atom stereocenters. The number of benzene rings is 1. The molecule has 3 aromatic rings. The van der Waals surface area contributed by atoms with E-state index in [0.717, 1.165) is 12.1 Å². The van der Waals surface area contributed by atoms with Crippen LogP contribution in [-0.2, 0) is 22.3 Å². The third kappa shape index (κ3) is 5.84. The van der Waals surface area contributed by atoms with E-state index < -0.39 is 30.2 Å². The fourth-order valence-corrected chi connectivity index (χ4v) is 2.62. The summed E-state index contributed by atoms with van der Waals surface area (Å²) in [6.45, 7) is -0.313. The molecule has 1 amide bonds. The first-order valence-electron chi connectivity index (χ1n) is 9.07. The van der Waals surface area contributed by atoms with Crippen molar-refractivity contribution in [3.8, 4) is 0 Å². The highest BCUT2D eigenvalue weighted by molar-refractivity contribution is 5.96. The Morgan fingerprint density at radius 1 is 1.16 bits per heavy atom. The Labute approximate surface area is 175 Å². The summed E-state index contributed by atoms with van der Waals surface area (Å²) < 4.78 is 49.0. The van der Waals surface area contributed by atoms with E-state index in [1.165, 1.54) is 48.7 Å². The van der Waals surface area contributed by atoms with Crippen molar-refractivity contribution in [2.24, 2.45) is 0 Å². The number of hydrogen-bond acceptors (Lipinski definition) is 6. The van der Waals surface area contributed by atoms with Gasteiger partial charge in [-0.3, -0.25) is 4.79 Å². The summed E-state index contributed by atoms with van der Waals surface area (Å²) in [7, 11) is 1.53. The van der Waals surface area contributed by atoms with E-state index in [1.807, 2.05) is 0 Å². The number of aromatic nitrogens is 1. The molecule has 7 nitrogen and oxygen atoms in total. The molecule has 3 rings (SSSR count). The summed E-state index contributed by atoms with van der Waals surface area (Å²) in [6.07, 6.45) is -1.66. The van der Waals surface area contributed by atoms with Crippen LogP contribution in [0.4, 0.5) is 24.7 Å². The molecule has 1 aromatic carbocycles. The Bertz CT molecular complexity index is 1050. The lowest BCUT2D eigenvalue weighted by atomic mass is 10.2. The Hall–Kier alpha value is -3.82. The van der Waals surface area contributed by atoms with Crippen LogP contribution in [0.5, 0.6) is 0 Å². The first kappa shape index (κ1) is 21.9. The number of esters is 1. The highest BCUT2D eigenvalue weighted by Gasteiger charge is 2.30. The van der Waals surface area contributed by atoms with Gasteiger partial charge in [0.25, 0.3) is 5.91 Å². The number of nitrogens with one attached hydrogen (secondary N) is 1. The molecule has 2 aromatic heterocycles. The third-order valence-electron chi connectivity index (χ3n) is 4.21. The molecule has 0 radical (unpaired) electrons. The minimum Gasteiger partial charge on any atom is -0.467 e. The van der Waals surface area contributed by atoms with Gasteiger partial charge in [0, 0.05) is 18.9 Å². The van der Waals surface area contributed by atoms with E-state index in [4.69, 9.17) is 9.15 Å². The number of carbonyl (C=O) groups is 2. The summed E-state index contributed by atoms with van der Waals surface area (Å²) in [6, 6.07) is 10.7. The van der Waals surface area contributed by atoms with Crippen molar-refractivity contribution in [1.29, 1.82) is 0 Å². The smallest absolute Gasteiger partial charge is 0.416 e. The molecular weight excluding hydrogens is 415 g/mol. The average Bonchev–Trinajstić information content (AvgIpc) is 3.24. The van der Waals surface area contributed by atoms with Gasteiger partial charge in [0.1, 0.15) is 17.1 Å². The van der Waals surface area contributed by atoms with Gasteiger partial charge in [-0.15, -0.1) is 0 Å². The molecule has 0 fully saturated rings. The number of amides is 1. The van der Waals surface area contributed by atoms with Crippen molar-refractivity contribution >= 4 is 23.4 Å². The molecule has 0 spiro atoms. The van der Waals surface area contributed by atoms with Crippen molar-refractivity contribution < 1.29 is 31.9 Å². The fraction of sp³-hybridized carbons (Fsp3) is 0.190. The summed E-state index contributed by atoms with van der Waals surface area (Å²) in [5.74, 6) is -0.728. The molecule has 0 aliphatic heterocycles. The van der Waals surface area contributed by atoms with Gasteiger partial charge in [0.05, 0.1) is 18.4 Å². The quantitative estimate of drug-likeness (QED) is 0.561. The van der Waals surface area contributed by atoms with E-state index in [2.05, 4.69) is 10.3 Å². The molecule has 31 heavy (non-hydrogen) atoms. The molecular formula is C21H18F3N3O4. The number of furan rings is 1. The second-order valence-electron chi connectivity index (χ2n) is 6.51. The second kappa shape index (κ2) is 9.33. The summed E-state index contributed by atoms with van der Waals surface area (Å²) in [4.78, 5) is 30.0. The number of rotatable bonds is 7. The first-order chi connectivity index (χ1) is 14.7. The molecule has 0 aliphatic carbocycles. The van der Waals surface area contributed by atoms with Crippen LogP contribution in [0.2, 0.25) is 0 Å².